The number of rotatable bonds is 4. The topological polar surface area (TPSA) is 30.0 Å². The molecule has 3 aromatic carbocycles. The van der Waals surface area contributed by atoms with E-state index in [4.69, 9.17) is 4.98 Å². The number of ketones is 1. The monoisotopic (exact) mass is 405 g/mol. The second-order valence-corrected chi connectivity index (χ2v) is 8.78. The number of aryl methyl sites for hydroxylation is 3. The van der Waals surface area contributed by atoms with Crippen molar-refractivity contribution in [1.29, 1.82) is 0 Å². The third-order valence-corrected chi connectivity index (χ3v) is 6.66. The van der Waals surface area contributed by atoms with Gasteiger partial charge >= 0.3 is 0 Å². The molecule has 2 heteroatoms. The summed E-state index contributed by atoms with van der Waals surface area (Å²) in [6.45, 7) is 8.68. The first-order chi connectivity index (χ1) is 15.0. The number of carbonyl (C=O) groups excluding carboxylic acids is 1. The first-order valence-electron chi connectivity index (χ1n) is 11.2. The summed E-state index contributed by atoms with van der Waals surface area (Å²) in [7, 11) is 0. The number of aromatic nitrogens is 1. The van der Waals surface area contributed by atoms with E-state index < -0.39 is 0 Å². The Balaban J connectivity index is 1.82. The molecule has 0 bridgehead atoms. The summed E-state index contributed by atoms with van der Waals surface area (Å²) in [6.07, 6.45) is 5.44. The lowest BCUT2D eigenvalue weighted by Crippen LogP contribution is -2.11. The van der Waals surface area contributed by atoms with Gasteiger partial charge in [0.2, 0.25) is 0 Å². The Bertz CT molecular complexity index is 1360. The van der Waals surface area contributed by atoms with Crippen molar-refractivity contribution in [2.75, 3.05) is 0 Å². The Labute approximate surface area is 184 Å². The third-order valence-electron chi connectivity index (χ3n) is 6.66. The van der Waals surface area contributed by atoms with Gasteiger partial charge in [0.15, 0.2) is 5.78 Å². The molecule has 1 aromatic heterocycles. The number of unbranched alkanes of at least 4 members (excludes halogenated alkanes) is 1. The highest BCUT2D eigenvalue weighted by Gasteiger charge is 2.28. The highest BCUT2D eigenvalue weighted by atomic mass is 16.1. The quantitative estimate of drug-likeness (QED) is 0.312. The van der Waals surface area contributed by atoms with Crippen LogP contribution in [-0.4, -0.2) is 10.8 Å². The Kier molecular flexibility index (Phi) is 4.74. The molecule has 31 heavy (non-hydrogen) atoms. The van der Waals surface area contributed by atoms with Crippen molar-refractivity contribution in [3.05, 3.63) is 88.1 Å². The molecular formula is C29H27NO. The summed E-state index contributed by atoms with van der Waals surface area (Å²) >= 11 is 0. The Morgan fingerprint density at radius 2 is 1.65 bits per heavy atom. The molecule has 0 amide bonds. The molecule has 1 aliphatic rings. The molecule has 1 aliphatic carbocycles. The molecule has 0 aliphatic heterocycles. The first-order valence-corrected chi connectivity index (χ1v) is 11.2. The van der Waals surface area contributed by atoms with Crippen LogP contribution in [0.4, 0.5) is 0 Å². The van der Waals surface area contributed by atoms with E-state index in [9.17, 15) is 4.79 Å². The van der Waals surface area contributed by atoms with Gasteiger partial charge < -0.3 is 0 Å². The standard InChI is InChI=1S/C29H27NO/c1-5-6-10-20-14-17(2)15-24(19(20)4)28-21-11-8-13-23-27(21)25(16-30-28)26-18(3)9-7-12-22(26)29(23)31/h7-9,11-16H,5-6,10H2,1-4H3. The average molecular weight is 406 g/mol. The highest BCUT2D eigenvalue weighted by molar-refractivity contribution is 6.27. The molecule has 0 spiro atoms. The van der Waals surface area contributed by atoms with Gasteiger partial charge in [-0.05, 0) is 61.9 Å². The maximum Gasteiger partial charge on any atom is 0.194 e. The fraction of sp³-hybridized carbons (Fsp3) is 0.241. The number of hydrogen-bond acceptors (Lipinski definition) is 2. The lowest BCUT2D eigenvalue weighted by atomic mass is 9.81. The Morgan fingerprint density at radius 3 is 2.45 bits per heavy atom. The van der Waals surface area contributed by atoms with Crippen molar-refractivity contribution in [2.45, 2.75) is 47.0 Å². The van der Waals surface area contributed by atoms with Crippen LogP contribution in [0.3, 0.4) is 0 Å². The fourth-order valence-corrected chi connectivity index (χ4v) is 5.06. The summed E-state index contributed by atoms with van der Waals surface area (Å²) in [6, 6.07) is 16.6. The third kappa shape index (κ3) is 3.01. The second kappa shape index (κ2) is 7.46. The molecule has 0 saturated carbocycles. The molecule has 0 saturated heterocycles. The van der Waals surface area contributed by atoms with Crippen LogP contribution in [0.15, 0.2) is 54.7 Å². The molecular weight excluding hydrogens is 378 g/mol. The van der Waals surface area contributed by atoms with Gasteiger partial charge in [-0.1, -0.05) is 61.4 Å². The van der Waals surface area contributed by atoms with Crippen molar-refractivity contribution in [1.82, 2.24) is 4.98 Å². The zero-order chi connectivity index (χ0) is 21.7. The number of benzene rings is 3. The largest absolute Gasteiger partial charge is 0.289 e. The van der Waals surface area contributed by atoms with Gasteiger partial charge in [0.1, 0.15) is 0 Å². The van der Waals surface area contributed by atoms with E-state index in [2.05, 4.69) is 52.0 Å². The van der Waals surface area contributed by atoms with Crippen LogP contribution in [0.2, 0.25) is 0 Å². The molecule has 0 atom stereocenters. The minimum absolute atomic E-state index is 0.110. The maximum absolute atomic E-state index is 13.4. The summed E-state index contributed by atoms with van der Waals surface area (Å²) < 4.78 is 0. The highest BCUT2D eigenvalue weighted by Crippen LogP contribution is 2.43. The van der Waals surface area contributed by atoms with Crippen molar-refractivity contribution in [2.24, 2.45) is 0 Å². The van der Waals surface area contributed by atoms with Gasteiger partial charge in [0.05, 0.1) is 5.69 Å². The average Bonchev–Trinajstić information content (AvgIpc) is 2.77. The van der Waals surface area contributed by atoms with Crippen LogP contribution in [0.5, 0.6) is 0 Å². The Morgan fingerprint density at radius 1 is 0.871 bits per heavy atom. The van der Waals surface area contributed by atoms with E-state index in [0.29, 0.717) is 0 Å². The summed E-state index contributed by atoms with van der Waals surface area (Å²) in [5.41, 5.74) is 10.9. The van der Waals surface area contributed by atoms with E-state index in [1.54, 1.807) is 0 Å². The molecule has 1 heterocycles. The van der Waals surface area contributed by atoms with Crippen molar-refractivity contribution in [3.63, 3.8) is 0 Å². The molecule has 0 unspecified atom stereocenters. The second-order valence-electron chi connectivity index (χ2n) is 8.78. The molecule has 5 rings (SSSR count). The minimum Gasteiger partial charge on any atom is -0.289 e. The van der Waals surface area contributed by atoms with Crippen molar-refractivity contribution in [3.8, 4) is 22.4 Å². The minimum atomic E-state index is 0.110. The van der Waals surface area contributed by atoms with E-state index >= 15 is 0 Å². The number of fused-ring (bicyclic) bond motifs is 2. The molecule has 2 nitrogen and oxygen atoms in total. The van der Waals surface area contributed by atoms with E-state index in [1.807, 2.05) is 30.5 Å². The fourth-order valence-electron chi connectivity index (χ4n) is 5.06. The number of pyridine rings is 1. The Hall–Kier alpha value is -3.26. The predicted molar refractivity (Wildman–Crippen MR) is 129 cm³/mol. The number of hydrogen-bond donors (Lipinski definition) is 0. The van der Waals surface area contributed by atoms with Crippen LogP contribution in [0.25, 0.3) is 33.2 Å². The van der Waals surface area contributed by atoms with Crippen LogP contribution in [0.1, 0.15) is 57.9 Å². The summed E-state index contributed by atoms with van der Waals surface area (Å²) in [4.78, 5) is 18.4. The van der Waals surface area contributed by atoms with Gasteiger partial charge in [-0.3, -0.25) is 9.78 Å². The van der Waals surface area contributed by atoms with E-state index in [0.717, 1.165) is 50.7 Å². The van der Waals surface area contributed by atoms with Crippen LogP contribution in [-0.2, 0) is 6.42 Å². The molecule has 0 radical (unpaired) electrons. The first kappa shape index (κ1) is 19.7. The summed E-state index contributed by atoms with van der Waals surface area (Å²) in [5.74, 6) is 0.110. The van der Waals surface area contributed by atoms with E-state index in [1.165, 1.54) is 35.1 Å². The smallest absolute Gasteiger partial charge is 0.194 e. The number of nitrogens with zero attached hydrogens (tertiary/aromatic N) is 1. The van der Waals surface area contributed by atoms with Crippen molar-refractivity contribution < 1.29 is 4.79 Å². The molecule has 0 fully saturated rings. The van der Waals surface area contributed by atoms with E-state index in [-0.39, 0.29) is 5.78 Å². The van der Waals surface area contributed by atoms with Crippen LogP contribution < -0.4 is 0 Å². The van der Waals surface area contributed by atoms with Gasteiger partial charge in [-0.15, -0.1) is 0 Å². The van der Waals surface area contributed by atoms with Crippen molar-refractivity contribution >= 4 is 16.6 Å². The van der Waals surface area contributed by atoms with Gasteiger partial charge in [-0.2, -0.15) is 0 Å². The van der Waals surface area contributed by atoms with Gasteiger partial charge in [-0.25, -0.2) is 0 Å². The van der Waals surface area contributed by atoms with Crippen LogP contribution in [0, 0.1) is 20.8 Å². The lowest BCUT2D eigenvalue weighted by Gasteiger charge is -2.23. The molecule has 154 valence electrons. The number of carbonyl (C=O) groups is 1. The zero-order valence-electron chi connectivity index (χ0n) is 18.7. The van der Waals surface area contributed by atoms with Crippen LogP contribution >= 0.6 is 0 Å². The maximum atomic E-state index is 13.4. The normalized spacial score (nSPS) is 12.3. The van der Waals surface area contributed by atoms with Gasteiger partial charge in [0.25, 0.3) is 0 Å². The van der Waals surface area contributed by atoms with Gasteiger partial charge in [0, 0.05) is 39.2 Å². The lowest BCUT2D eigenvalue weighted by molar-refractivity contribution is 0.104. The predicted octanol–water partition coefficient (Wildman–Crippen LogP) is 7.38. The SMILES string of the molecule is CCCCc1cc(C)cc(-c2ncc3c4c(cccc24)C(=O)c2cccc(C)c2-3)c1C. The molecule has 0 N–H and O–H groups in total. The molecule has 4 aromatic rings. The zero-order valence-corrected chi connectivity index (χ0v) is 18.7. The summed E-state index contributed by atoms with van der Waals surface area (Å²) in [5, 5.41) is 2.10.